The van der Waals surface area contributed by atoms with Crippen LogP contribution in [-0.2, 0) is 10.0 Å². The number of carbonyl (C=O) groups is 1. The van der Waals surface area contributed by atoms with Crippen LogP contribution in [0.5, 0.6) is 5.75 Å². The highest BCUT2D eigenvalue weighted by Crippen LogP contribution is 2.25. The van der Waals surface area contributed by atoms with Crippen molar-refractivity contribution in [1.82, 2.24) is 4.31 Å². The fraction of sp³-hybridized carbons (Fsp3) is 0.278. The van der Waals surface area contributed by atoms with Gasteiger partial charge in [-0.25, -0.2) is 12.7 Å². The number of sulfonamides is 1. The Labute approximate surface area is 148 Å². The number of rotatable bonds is 6. The smallest absolute Gasteiger partial charge is 0.255 e. The van der Waals surface area contributed by atoms with Crippen LogP contribution in [0.1, 0.15) is 24.2 Å². The number of hydrogen-bond donors (Lipinski definition) is 1. The third-order valence-corrected chi connectivity index (χ3v) is 5.22. The first kappa shape index (κ1) is 19.0. The molecule has 0 aliphatic carbocycles. The molecule has 1 amide bonds. The van der Waals surface area contributed by atoms with E-state index >= 15 is 0 Å². The van der Waals surface area contributed by atoms with Crippen LogP contribution in [0.4, 0.5) is 5.69 Å². The number of anilines is 1. The number of nitrogens with zero attached hydrogens (tertiary/aromatic N) is 1. The van der Waals surface area contributed by atoms with Crippen molar-refractivity contribution in [3.8, 4) is 5.75 Å². The quantitative estimate of drug-likeness (QED) is 0.857. The summed E-state index contributed by atoms with van der Waals surface area (Å²) in [5.74, 6) is 0.242. The van der Waals surface area contributed by atoms with Gasteiger partial charge in [-0.3, -0.25) is 4.79 Å². The van der Waals surface area contributed by atoms with Gasteiger partial charge in [-0.05, 0) is 50.2 Å². The van der Waals surface area contributed by atoms with Gasteiger partial charge < -0.3 is 10.1 Å². The Hall–Kier alpha value is -2.38. The predicted octanol–water partition coefficient (Wildman–Crippen LogP) is 2.98. The van der Waals surface area contributed by atoms with E-state index in [4.69, 9.17) is 4.74 Å². The highest BCUT2D eigenvalue weighted by Gasteiger charge is 2.18. The molecular formula is C18H22N2O4S. The summed E-state index contributed by atoms with van der Waals surface area (Å²) < 4.78 is 30.9. The number of para-hydroxylation sites is 2. The molecule has 2 aromatic rings. The topological polar surface area (TPSA) is 75.7 Å². The largest absolute Gasteiger partial charge is 0.489 e. The third kappa shape index (κ3) is 4.58. The summed E-state index contributed by atoms with van der Waals surface area (Å²) in [4.78, 5) is 12.6. The van der Waals surface area contributed by atoms with Crippen LogP contribution >= 0.6 is 0 Å². The molecule has 0 atom stereocenters. The Balaban J connectivity index is 2.20. The first-order chi connectivity index (χ1) is 11.7. The molecule has 25 heavy (non-hydrogen) atoms. The molecule has 134 valence electrons. The van der Waals surface area contributed by atoms with E-state index in [-0.39, 0.29) is 16.9 Å². The molecule has 0 aliphatic rings. The Bertz CT molecular complexity index is 844. The molecule has 0 aliphatic heterocycles. The van der Waals surface area contributed by atoms with E-state index in [2.05, 4.69) is 5.32 Å². The Kier molecular flexibility index (Phi) is 5.81. The average molecular weight is 362 g/mol. The van der Waals surface area contributed by atoms with Crippen molar-refractivity contribution in [3.05, 3.63) is 54.1 Å². The average Bonchev–Trinajstić information content (AvgIpc) is 2.56. The first-order valence-electron chi connectivity index (χ1n) is 7.81. The van der Waals surface area contributed by atoms with Gasteiger partial charge in [-0.2, -0.15) is 0 Å². The highest BCUT2D eigenvalue weighted by molar-refractivity contribution is 7.89. The van der Waals surface area contributed by atoms with Gasteiger partial charge in [0.1, 0.15) is 5.75 Å². The lowest BCUT2D eigenvalue weighted by molar-refractivity contribution is 0.102. The Morgan fingerprint density at radius 1 is 1.04 bits per heavy atom. The van der Waals surface area contributed by atoms with E-state index in [9.17, 15) is 13.2 Å². The maximum Gasteiger partial charge on any atom is 0.255 e. The minimum absolute atomic E-state index is 0.0198. The molecule has 0 aromatic heterocycles. The van der Waals surface area contributed by atoms with Crippen molar-refractivity contribution >= 4 is 21.6 Å². The molecule has 7 heteroatoms. The van der Waals surface area contributed by atoms with Crippen molar-refractivity contribution in [3.63, 3.8) is 0 Å². The molecule has 0 heterocycles. The lowest BCUT2D eigenvalue weighted by Gasteiger charge is -2.15. The summed E-state index contributed by atoms with van der Waals surface area (Å²) in [6.45, 7) is 3.81. The van der Waals surface area contributed by atoms with Gasteiger partial charge >= 0.3 is 0 Å². The predicted molar refractivity (Wildman–Crippen MR) is 97.5 cm³/mol. The molecule has 0 unspecified atom stereocenters. The summed E-state index contributed by atoms with van der Waals surface area (Å²) >= 11 is 0. The van der Waals surface area contributed by atoms with E-state index in [0.717, 1.165) is 4.31 Å². The fourth-order valence-electron chi connectivity index (χ4n) is 2.11. The van der Waals surface area contributed by atoms with E-state index < -0.39 is 10.0 Å². The molecule has 0 radical (unpaired) electrons. The molecule has 0 saturated heterocycles. The lowest BCUT2D eigenvalue weighted by atomic mass is 10.2. The SMILES string of the molecule is CC(C)Oc1ccccc1NC(=O)c1ccc(S(=O)(=O)N(C)C)cc1. The van der Waals surface area contributed by atoms with Gasteiger partial charge in [0.2, 0.25) is 10.0 Å². The molecule has 0 saturated carbocycles. The van der Waals surface area contributed by atoms with Crippen molar-refractivity contribution in [1.29, 1.82) is 0 Å². The normalized spacial score (nSPS) is 11.6. The maximum atomic E-state index is 12.4. The standard InChI is InChI=1S/C18H22N2O4S/c1-13(2)24-17-8-6-5-7-16(17)19-18(21)14-9-11-15(12-10-14)25(22,23)20(3)4/h5-13H,1-4H3,(H,19,21). The third-order valence-electron chi connectivity index (χ3n) is 3.39. The van der Waals surface area contributed by atoms with E-state index in [0.29, 0.717) is 17.0 Å². The van der Waals surface area contributed by atoms with Crippen molar-refractivity contribution in [2.75, 3.05) is 19.4 Å². The number of ether oxygens (including phenoxy) is 1. The zero-order valence-corrected chi connectivity index (χ0v) is 15.5. The molecule has 1 N–H and O–H groups in total. The minimum atomic E-state index is -3.52. The summed E-state index contributed by atoms with van der Waals surface area (Å²) in [5, 5.41) is 2.79. The van der Waals surface area contributed by atoms with Crippen LogP contribution in [0.3, 0.4) is 0 Å². The molecule has 6 nitrogen and oxygen atoms in total. The zero-order valence-electron chi connectivity index (χ0n) is 14.7. The number of amides is 1. The second kappa shape index (κ2) is 7.67. The van der Waals surface area contributed by atoms with Gasteiger partial charge in [0, 0.05) is 19.7 Å². The van der Waals surface area contributed by atoms with Gasteiger partial charge in [-0.1, -0.05) is 12.1 Å². The number of carbonyl (C=O) groups excluding carboxylic acids is 1. The minimum Gasteiger partial charge on any atom is -0.489 e. The first-order valence-corrected chi connectivity index (χ1v) is 9.25. The summed E-state index contributed by atoms with van der Waals surface area (Å²) in [5.41, 5.74) is 0.920. The van der Waals surface area contributed by atoms with Gasteiger partial charge in [0.05, 0.1) is 16.7 Å². The lowest BCUT2D eigenvalue weighted by Crippen LogP contribution is -2.22. The summed E-state index contributed by atoms with van der Waals surface area (Å²) in [7, 11) is -0.597. The molecule has 0 fully saturated rings. The second-order valence-electron chi connectivity index (χ2n) is 5.93. The fourth-order valence-corrected chi connectivity index (χ4v) is 3.01. The van der Waals surface area contributed by atoms with Crippen LogP contribution in [0.25, 0.3) is 0 Å². The molecule has 2 rings (SSSR count). The summed E-state index contributed by atoms with van der Waals surface area (Å²) in [6, 6.07) is 13.0. The van der Waals surface area contributed by atoms with E-state index in [1.54, 1.807) is 18.2 Å². The van der Waals surface area contributed by atoms with Gasteiger partial charge in [0.15, 0.2) is 0 Å². The number of hydrogen-bond acceptors (Lipinski definition) is 4. The van der Waals surface area contributed by atoms with Crippen LogP contribution in [0.15, 0.2) is 53.4 Å². The monoisotopic (exact) mass is 362 g/mol. The van der Waals surface area contributed by atoms with Crippen LogP contribution in [0.2, 0.25) is 0 Å². The molecule has 0 bridgehead atoms. The maximum absolute atomic E-state index is 12.4. The summed E-state index contributed by atoms with van der Waals surface area (Å²) in [6.07, 6.45) is -0.0198. The number of benzene rings is 2. The molecule has 2 aromatic carbocycles. The van der Waals surface area contributed by atoms with Crippen molar-refractivity contribution in [2.24, 2.45) is 0 Å². The van der Waals surface area contributed by atoms with E-state index in [1.165, 1.54) is 38.4 Å². The molecule has 0 spiro atoms. The van der Waals surface area contributed by atoms with Crippen LogP contribution in [-0.4, -0.2) is 38.8 Å². The van der Waals surface area contributed by atoms with Crippen molar-refractivity contribution < 1.29 is 17.9 Å². The van der Waals surface area contributed by atoms with Crippen molar-refractivity contribution in [2.45, 2.75) is 24.8 Å². The van der Waals surface area contributed by atoms with Gasteiger partial charge in [0.25, 0.3) is 5.91 Å². The zero-order chi connectivity index (χ0) is 18.6. The number of nitrogens with one attached hydrogen (secondary N) is 1. The Morgan fingerprint density at radius 3 is 2.20 bits per heavy atom. The van der Waals surface area contributed by atoms with Crippen LogP contribution in [0, 0.1) is 0 Å². The highest BCUT2D eigenvalue weighted by atomic mass is 32.2. The van der Waals surface area contributed by atoms with E-state index in [1.807, 2.05) is 19.9 Å². The second-order valence-corrected chi connectivity index (χ2v) is 8.08. The Morgan fingerprint density at radius 2 is 1.64 bits per heavy atom. The van der Waals surface area contributed by atoms with Crippen LogP contribution < -0.4 is 10.1 Å². The van der Waals surface area contributed by atoms with Gasteiger partial charge in [-0.15, -0.1) is 0 Å². The molecular weight excluding hydrogens is 340 g/mol.